The number of rotatable bonds is 1. The molecule has 0 aliphatic carbocycles. The number of nitrogens with zero attached hydrogens (tertiary/aromatic N) is 1. The summed E-state index contributed by atoms with van der Waals surface area (Å²) in [5.74, 6) is 0.694. The Bertz CT molecular complexity index is 410. The zero-order chi connectivity index (χ0) is 9.38. The number of oxazole rings is 1. The summed E-state index contributed by atoms with van der Waals surface area (Å²) in [4.78, 5) is 4.37. The molecule has 1 aromatic heterocycles. The molecule has 0 spiro atoms. The second kappa shape index (κ2) is 3.10. The van der Waals surface area contributed by atoms with Crippen LogP contribution >= 0.6 is 0 Å². The fraction of sp³-hybridized carbons (Fsp3) is 0.364. The van der Waals surface area contributed by atoms with Gasteiger partial charge in [-0.05, 0) is 18.9 Å². The fourth-order valence-electron chi connectivity index (χ4n) is 1.74. The normalized spacial score (nSPS) is 21.9. The first kappa shape index (κ1) is 8.00. The first-order chi connectivity index (χ1) is 6.93. The highest BCUT2D eigenvalue weighted by Crippen LogP contribution is 2.29. The number of hydrogen-bond donors (Lipinski definition) is 0. The van der Waals surface area contributed by atoms with E-state index in [2.05, 4.69) is 11.1 Å². The Labute approximate surface area is 81.7 Å². The van der Waals surface area contributed by atoms with E-state index < -0.39 is 0 Å². The van der Waals surface area contributed by atoms with Crippen LogP contribution in [0.25, 0.3) is 11.1 Å². The maximum atomic E-state index is 5.56. The van der Waals surface area contributed by atoms with Gasteiger partial charge in [-0.2, -0.15) is 0 Å². The number of para-hydroxylation sites is 1. The third-order valence-corrected chi connectivity index (χ3v) is 2.44. The number of hydrogen-bond acceptors (Lipinski definition) is 3. The molecule has 1 aliphatic rings. The van der Waals surface area contributed by atoms with Crippen molar-refractivity contribution >= 4 is 11.1 Å². The van der Waals surface area contributed by atoms with Gasteiger partial charge >= 0.3 is 0 Å². The van der Waals surface area contributed by atoms with Crippen LogP contribution in [-0.4, -0.2) is 11.6 Å². The van der Waals surface area contributed by atoms with Crippen molar-refractivity contribution in [3.63, 3.8) is 0 Å². The van der Waals surface area contributed by atoms with Gasteiger partial charge in [0, 0.05) is 12.7 Å². The average Bonchev–Trinajstić information content (AvgIpc) is 2.86. The minimum absolute atomic E-state index is 0.0517. The number of fused-ring (bicyclic) bond motifs is 1. The van der Waals surface area contributed by atoms with Gasteiger partial charge in [-0.15, -0.1) is 0 Å². The topological polar surface area (TPSA) is 35.3 Å². The molecule has 1 fully saturated rings. The molecule has 3 rings (SSSR count). The lowest BCUT2D eigenvalue weighted by atomic mass is 10.2. The summed E-state index contributed by atoms with van der Waals surface area (Å²) in [5, 5.41) is 0. The maximum absolute atomic E-state index is 5.56. The van der Waals surface area contributed by atoms with Crippen LogP contribution in [0.2, 0.25) is 0 Å². The van der Waals surface area contributed by atoms with Crippen molar-refractivity contribution in [2.75, 3.05) is 6.61 Å². The van der Waals surface area contributed by atoms with Gasteiger partial charge in [-0.25, -0.2) is 4.98 Å². The third kappa shape index (κ3) is 1.21. The minimum atomic E-state index is 0.0517. The smallest absolute Gasteiger partial charge is 0.224 e. The van der Waals surface area contributed by atoms with Crippen molar-refractivity contribution in [1.82, 2.24) is 4.98 Å². The molecule has 2 aromatic rings. The van der Waals surface area contributed by atoms with Gasteiger partial charge in [0.15, 0.2) is 5.58 Å². The molecule has 1 radical (unpaired) electrons. The van der Waals surface area contributed by atoms with E-state index in [1.807, 2.05) is 18.2 Å². The summed E-state index contributed by atoms with van der Waals surface area (Å²) >= 11 is 0. The monoisotopic (exact) mass is 188 g/mol. The largest absolute Gasteiger partial charge is 0.437 e. The SMILES string of the molecule is [c]1cccc2nc(C3CCCO3)oc12. The summed E-state index contributed by atoms with van der Waals surface area (Å²) in [5.41, 5.74) is 1.58. The molecule has 3 nitrogen and oxygen atoms in total. The molecule has 3 heteroatoms. The van der Waals surface area contributed by atoms with Crippen molar-refractivity contribution in [3.05, 3.63) is 30.2 Å². The third-order valence-electron chi connectivity index (χ3n) is 2.44. The fourth-order valence-corrected chi connectivity index (χ4v) is 1.74. The van der Waals surface area contributed by atoms with Gasteiger partial charge in [-0.1, -0.05) is 12.1 Å². The van der Waals surface area contributed by atoms with E-state index in [1.54, 1.807) is 0 Å². The summed E-state index contributed by atoms with van der Waals surface area (Å²) in [6, 6.07) is 8.67. The Hall–Kier alpha value is -1.35. The molecule has 2 heterocycles. The Morgan fingerprint density at radius 1 is 1.50 bits per heavy atom. The lowest BCUT2D eigenvalue weighted by Crippen LogP contribution is -1.94. The van der Waals surface area contributed by atoms with Crippen LogP contribution in [0.4, 0.5) is 0 Å². The first-order valence-corrected chi connectivity index (χ1v) is 4.82. The summed E-state index contributed by atoms with van der Waals surface area (Å²) < 4.78 is 11.1. The zero-order valence-corrected chi connectivity index (χ0v) is 7.69. The van der Waals surface area contributed by atoms with Crippen LogP contribution in [0.1, 0.15) is 24.8 Å². The van der Waals surface area contributed by atoms with Gasteiger partial charge in [-0.3, -0.25) is 0 Å². The van der Waals surface area contributed by atoms with E-state index in [1.165, 1.54) is 0 Å². The van der Waals surface area contributed by atoms with Crippen LogP contribution < -0.4 is 0 Å². The second-order valence-corrected chi connectivity index (χ2v) is 3.44. The van der Waals surface area contributed by atoms with Crippen LogP contribution in [0.5, 0.6) is 0 Å². The minimum Gasteiger partial charge on any atom is -0.437 e. The van der Waals surface area contributed by atoms with Gasteiger partial charge in [0.1, 0.15) is 11.6 Å². The molecule has 14 heavy (non-hydrogen) atoms. The van der Waals surface area contributed by atoms with Crippen molar-refractivity contribution < 1.29 is 9.15 Å². The summed E-state index contributed by atoms with van der Waals surface area (Å²) in [6.07, 6.45) is 2.15. The van der Waals surface area contributed by atoms with Crippen molar-refractivity contribution in [3.8, 4) is 0 Å². The van der Waals surface area contributed by atoms with E-state index in [-0.39, 0.29) is 6.10 Å². The Balaban J connectivity index is 2.05. The molecule has 1 unspecified atom stereocenters. The Morgan fingerprint density at radius 2 is 2.50 bits per heavy atom. The quantitative estimate of drug-likeness (QED) is 0.689. The molecule has 1 saturated heterocycles. The van der Waals surface area contributed by atoms with Crippen LogP contribution in [0.3, 0.4) is 0 Å². The molecule has 1 atom stereocenters. The molecule has 0 amide bonds. The lowest BCUT2D eigenvalue weighted by Gasteiger charge is -2.01. The van der Waals surface area contributed by atoms with Crippen molar-refractivity contribution in [2.45, 2.75) is 18.9 Å². The van der Waals surface area contributed by atoms with Crippen LogP contribution in [0.15, 0.2) is 22.6 Å². The standard InChI is InChI=1S/C11H10NO2/c1-2-5-9-8(4-1)12-11(14-9)10-6-3-7-13-10/h1-2,4,10H,3,6-7H2. The van der Waals surface area contributed by atoms with Gasteiger partial charge in [0.25, 0.3) is 0 Å². The zero-order valence-electron chi connectivity index (χ0n) is 7.69. The predicted octanol–water partition coefficient (Wildman–Crippen LogP) is 2.48. The highest BCUT2D eigenvalue weighted by molar-refractivity contribution is 5.71. The van der Waals surface area contributed by atoms with Crippen molar-refractivity contribution in [1.29, 1.82) is 0 Å². The molecule has 0 saturated carbocycles. The molecule has 1 aromatic carbocycles. The van der Waals surface area contributed by atoms with Gasteiger partial charge in [0.2, 0.25) is 5.89 Å². The van der Waals surface area contributed by atoms with Gasteiger partial charge < -0.3 is 9.15 Å². The molecule has 0 N–H and O–H groups in total. The number of aromatic nitrogens is 1. The summed E-state index contributed by atoms with van der Waals surface area (Å²) in [7, 11) is 0. The van der Waals surface area contributed by atoms with E-state index in [0.717, 1.165) is 30.5 Å². The average molecular weight is 188 g/mol. The molecule has 0 bridgehead atoms. The van der Waals surface area contributed by atoms with E-state index >= 15 is 0 Å². The second-order valence-electron chi connectivity index (χ2n) is 3.44. The summed E-state index contributed by atoms with van der Waals surface area (Å²) in [6.45, 7) is 0.813. The highest BCUT2D eigenvalue weighted by Gasteiger charge is 2.22. The van der Waals surface area contributed by atoms with E-state index in [0.29, 0.717) is 5.89 Å². The maximum Gasteiger partial charge on any atom is 0.224 e. The van der Waals surface area contributed by atoms with Crippen LogP contribution in [-0.2, 0) is 4.74 Å². The first-order valence-electron chi connectivity index (χ1n) is 4.82. The molecule has 71 valence electrons. The Kier molecular flexibility index (Phi) is 1.77. The predicted molar refractivity (Wildman–Crippen MR) is 50.8 cm³/mol. The molecular weight excluding hydrogens is 178 g/mol. The lowest BCUT2D eigenvalue weighted by molar-refractivity contribution is 0.0907. The van der Waals surface area contributed by atoms with Crippen molar-refractivity contribution in [2.24, 2.45) is 0 Å². The number of benzene rings is 1. The van der Waals surface area contributed by atoms with E-state index in [4.69, 9.17) is 9.15 Å². The van der Waals surface area contributed by atoms with Crippen LogP contribution in [0, 0.1) is 6.07 Å². The molecular formula is C11H10NO2. The molecule has 1 aliphatic heterocycles. The van der Waals surface area contributed by atoms with E-state index in [9.17, 15) is 0 Å². The number of ether oxygens (including phenoxy) is 1. The van der Waals surface area contributed by atoms with Gasteiger partial charge in [0.05, 0.1) is 0 Å². The highest BCUT2D eigenvalue weighted by atomic mass is 16.5. The Morgan fingerprint density at radius 3 is 3.29 bits per heavy atom.